The van der Waals surface area contributed by atoms with Crippen LogP contribution in [0.3, 0.4) is 0 Å². The number of hydrogen-bond acceptors (Lipinski definition) is 5. The van der Waals surface area contributed by atoms with E-state index in [1.165, 1.54) is 0 Å². The summed E-state index contributed by atoms with van der Waals surface area (Å²) < 4.78 is 23.6. The minimum Gasteiger partial charge on any atom is -0.338 e. The van der Waals surface area contributed by atoms with E-state index in [0.717, 1.165) is 4.90 Å². The molecule has 0 spiro atoms. The first kappa shape index (κ1) is 19.5. The van der Waals surface area contributed by atoms with Crippen molar-refractivity contribution in [2.75, 3.05) is 24.6 Å². The van der Waals surface area contributed by atoms with Gasteiger partial charge in [-0.2, -0.15) is 0 Å². The molecule has 0 aliphatic carbocycles. The van der Waals surface area contributed by atoms with Gasteiger partial charge >= 0.3 is 0 Å². The molecule has 8 heteroatoms. The highest BCUT2D eigenvalue weighted by Gasteiger charge is 2.37. The van der Waals surface area contributed by atoms with Crippen LogP contribution in [-0.4, -0.2) is 66.6 Å². The molecule has 2 heterocycles. The predicted molar refractivity (Wildman–Crippen MR) is 100 cm³/mol. The fourth-order valence-corrected chi connectivity index (χ4v) is 5.39. The maximum atomic E-state index is 12.8. The van der Waals surface area contributed by atoms with Crippen LogP contribution in [0.25, 0.3) is 0 Å². The van der Waals surface area contributed by atoms with E-state index in [-0.39, 0.29) is 54.2 Å². The number of rotatable bonds is 6. The van der Waals surface area contributed by atoms with Gasteiger partial charge < -0.3 is 4.90 Å². The first-order valence-electron chi connectivity index (χ1n) is 9.14. The number of hydrogen-bond donors (Lipinski definition) is 0. The average molecular weight is 392 g/mol. The van der Waals surface area contributed by atoms with Gasteiger partial charge in [-0.3, -0.25) is 19.3 Å². The Kier molecular flexibility index (Phi) is 5.37. The summed E-state index contributed by atoms with van der Waals surface area (Å²) in [6.07, 6.45) is 0.433. The third-order valence-electron chi connectivity index (χ3n) is 4.96. The first-order chi connectivity index (χ1) is 12.7. The normalized spacial score (nSPS) is 21.0. The molecule has 3 amide bonds. The van der Waals surface area contributed by atoms with Crippen molar-refractivity contribution in [3.05, 3.63) is 35.4 Å². The quantitative estimate of drug-likeness (QED) is 0.682. The molecule has 1 aromatic carbocycles. The minimum atomic E-state index is -3.11. The summed E-state index contributed by atoms with van der Waals surface area (Å²) >= 11 is 0. The fraction of sp³-hybridized carbons (Fsp3) is 0.526. The maximum Gasteiger partial charge on any atom is 0.261 e. The van der Waals surface area contributed by atoms with E-state index in [1.54, 1.807) is 29.2 Å². The Hall–Kier alpha value is -2.22. The lowest BCUT2D eigenvalue weighted by Crippen LogP contribution is -2.44. The third kappa shape index (κ3) is 4.05. The molecule has 3 rings (SSSR count). The number of nitrogens with zero attached hydrogens (tertiary/aromatic N) is 2. The molecular formula is C19H24N2O5S. The minimum absolute atomic E-state index is 0.000749. The monoisotopic (exact) mass is 392 g/mol. The zero-order valence-electron chi connectivity index (χ0n) is 15.6. The third-order valence-corrected chi connectivity index (χ3v) is 6.71. The van der Waals surface area contributed by atoms with E-state index in [4.69, 9.17) is 0 Å². The summed E-state index contributed by atoms with van der Waals surface area (Å²) in [5.74, 6) is -0.723. The summed E-state index contributed by atoms with van der Waals surface area (Å²) in [5.41, 5.74) is 0.715. The maximum absolute atomic E-state index is 12.8. The molecule has 7 nitrogen and oxygen atoms in total. The van der Waals surface area contributed by atoms with E-state index in [9.17, 15) is 22.8 Å². The van der Waals surface area contributed by atoms with Crippen LogP contribution in [0.4, 0.5) is 0 Å². The predicted octanol–water partition coefficient (Wildman–Crippen LogP) is 1.34. The van der Waals surface area contributed by atoms with Gasteiger partial charge in [0.25, 0.3) is 11.8 Å². The van der Waals surface area contributed by atoms with Crippen molar-refractivity contribution < 1.29 is 22.8 Å². The molecule has 1 fully saturated rings. The summed E-state index contributed by atoms with van der Waals surface area (Å²) in [5, 5.41) is 0. The van der Waals surface area contributed by atoms with Crippen molar-refractivity contribution in [2.45, 2.75) is 32.7 Å². The summed E-state index contributed by atoms with van der Waals surface area (Å²) in [6.45, 7) is 4.39. The number of benzene rings is 1. The molecule has 2 aliphatic rings. The zero-order valence-corrected chi connectivity index (χ0v) is 16.4. The number of sulfone groups is 1. The molecule has 0 N–H and O–H groups in total. The van der Waals surface area contributed by atoms with Gasteiger partial charge in [-0.15, -0.1) is 0 Å². The molecule has 2 aliphatic heterocycles. The lowest BCUT2D eigenvalue weighted by Gasteiger charge is -2.30. The number of carbonyl (C=O) groups excluding carboxylic acids is 3. The van der Waals surface area contributed by atoms with Gasteiger partial charge in [0.15, 0.2) is 9.84 Å². The molecule has 1 atom stereocenters. The van der Waals surface area contributed by atoms with Crippen molar-refractivity contribution in [1.29, 1.82) is 0 Å². The number of fused-ring (bicyclic) bond motifs is 1. The van der Waals surface area contributed by atoms with Gasteiger partial charge in [-0.1, -0.05) is 26.0 Å². The second-order valence-electron chi connectivity index (χ2n) is 7.55. The van der Waals surface area contributed by atoms with Crippen LogP contribution >= 0.6 is 0 Å². The first-order valence-corrected chi connectivity index (χ1v) is 11.0. The lowest BCUT2D eigenvalue weighted by molar-refractivity contribution is -0.133. The van der Waals surface area contributed by atoms with Crippen LogP contribution < -0.4 is 0 Å². The van der Waals surface area contributed by atoms with Gasteiger partial charge in [0.1, 0.15) is 0 Å². The van der Waals surface area contributed by atoms with E-state index < -0.39 is 9.84 Å². The van der Waals surface area contributed by atoms with Crippen LogP contribution in [0.2, 0.25) is 0 Å². The Morgan fingerprint density at radius 2 is 1.78 bits per heavy atom. The van der Waals surface area contributed by atoms with Gasteiger partial charge in [0.2, 0.25) is 5.91 Å². The molecule has 0 saturated carbocycles. The summed E-state index contributed by atoms with van der Waals surface area (Å²) in [6, 6.07) is 6.28. The van der Waals surface area contributed by atoms with Gasteiger partial charge in [0, 0.05) is 25.6 Å². The topological polar surface area (TPSA) is 91.8 Å². The number of amides is 3. The molecule has 0 radical (unpaired) electrons. The number of imide groups is 1. The Labute approximate surface area is 159 Å². The van der Waals surface area contributed by atoms with Crippen LogP contribution in [0.1, 0.15) is 47.4 Å². The lowest BCUT2D eigenvalue weighted by atomic mass is 10.1. The van der Waals surface area contributed by atoms with E-state index in [2.05, 4.69) is 0 Å². The van der Waals surface area contributed by atoms with Gasteiger partial charge in [0.05, 0.1) is 22.6 Å². The van der Waals surface area contributed by atoms with E-state index in [0.29, 0.717) is 24.1 Å². The summed E-state index contributed by atoms with van der Waals surface area (Å²) in [7, 11) is -3.11. The van der Waals surface area contributed by atoms with Crippen molar-refractivity contribution in [3.8, 4) is 0 Å². The molecular weight excluding hydrogens is 368 g/mol. The molecule has 1 saturated heterocycles. The van der Waals surface area contributed by atoms with Gasteiger partial charge in [-0.25, -0.2) is 8.42 Å². The fourth-order valence-electron chi connectivity index (χ4n) is 3.66. The highest BCUT2D eigenvalue weighted by molar-refractivity contribution is 7.91. The van der Waals surface area contributed by atoms with Crippen LogP contribution in [-0.2, 0) is 14.6 Å². The largest absolute Gasteiger partial charge is 0.338 e. The Balaban J connectivity index is 1.68. The number of carbonyl (C=O) groups is 3. The average Bonchev–Trinajstić information content (AvgIpc) is 3.09. The van der Waals surface area contributed by atoms with E-state index in [1.807, 2.05) is 13.8 Å². The Bertz CT molecular complexity index is 843. The highest BCUT2D eigenvalue weighted by Crippen LogP contribution is 2.24. The molecule has 0 bridgehead atoms. The van der Waals surface area contributed by atoms with Gasteiger partial charge in [-0.05, 0) is 24.5 Å². The van der Waals surface area contributed by atoms with Crippen LogP contribution in [0.5, 0.6) is 0 Å². The highest BCUT2D eigenvalue weighted by atomic mass is 32.2. The molecule has 0 unspecified atom stereocenters. The molecule has 1 aromatic rings. The van der Waals surface area contributed by atoms with Crippen LogP contribution in [0, 0.1) is 5.92 Å². The standard InChI is InChI=1S/C19H24N2O5S/c1-13(2)11-21(14-8-10-27(25,26)12-14)17(22)7-9-20-18(23)15-5-3-4-6-16(15)19(20)24/h3-6,13-14H,7-12H2,1-2H3/t14-/m1/s1. The second kappa shape index (κ2) is 7.42. The Morgan fingerprint density at radius 1 is 1.19 bits per heavy atom. The smallest absolute Gasteiger partial charge is 0.261 e. The SMILES string of the molecule is CC(C)CN(C(=O)CCN1C(=O)c2ccccc2C1=O)[C@@H]1CCS(=O)(=O)C1. The molecule has 146 valence electrons. The van der Waals surface area contributed by atoms with Crippen molar-refractivity contribution >= 4 is 27.6 Å². The summed E-state index contributed by atoms with van der Waals surface area (Å²) in [4.78, 5) is 40.3. The molecule has 27 heavy (non-hydrogen) atoms. The zero-order chi connectivity index (χ0) is 19.8. The van der Waals surface area contributed by atoms with Crippen molar-refractivity contribution in [2.24, 2.45) is 5.92 Å². The van der Waals surface area contributed by atoms with E-state index >= 15 is 0 Å². The van der Waals surface area contributed by atoms with Crippen molar-refractivity contribution in [1.82, 2.24) is 9.80 Å². The van der Waals surface area contributed by atoms with Crippen LogP contribution in [0.15, 0.2) is 24.3 Å². The second-order valence-corrected chi connectivity index (χ2v) is 9.78. The van der Waals surface area contributed by atoms with Crippen molar-refractivity contribution in [3.63, 3.8) is 0 Å². The molecule has 0 aromatic heterocycles. The Morgan fingerprint density at radius 3 is 2.26 bits per heavy atom.